The van der Waals surface area contributed by atoms with Gasteiger partial charge in [-0.1, -0.05) is 48.5 Å². The highest BCUT2D eigenvalue weighted by Crippen LogP contribution is 2.50. The van der Waals surface area contributed by atoms with Crippen molar-refractivity contribution in [3.63, 3.8) is 0 Å². The zero-order valence-electron chi connectivity index (χ0n) is 19.3. The fourth-order valence-electron chi connectivity index (χ4n) is 5.09. The Balaban J connectivity index is 1.90. The molecule has 0 aromatic heterocycles. The van der Waals surface area contributed by atoms with Crippen LogP contribution in [0.5, 0.6) is 0 Å². The lowest BCUT2D eigenvalue weighted by atomic mass is 9.94. The Morgan fingerprint density at radius 3 is 1.20 bits per heavy atom. The summed E-state index contributed by atoms with van der Waals surface area (Å²) in [5.41, 5.74) is 0. The maximum atomic E-state index is 15.2. The van der Waals surface area contributed by atoms with Gasteiger partial charge < -0.3 is 4.57 Å². The molecule has 6 aromatic carbocycles. The van der Waals surface area contributed by atoms with Gasteiger partial charge in [0.05, 0.1) is 10.6 Å². The number of rotatable bonds is 3. The van der Waals surface area contributed by atoms with Gasteiger partial charge in [0.2, 0.25) is 11.6 Å². The van der Waals surface area contributed by atoms with Gasteiger partial charge in [0.15, 0.2) is 53.7 Å². The molecule has 0 spiro atoms. The molecule has 0 N–H and O–H groups in total. The topological polar surface area (TPSA) is 17.1 Å². The van der Waals surface area contributed by atoms with E-state index in [9.17, 15) is 30.9 Å². The summed E-state index contributed by atoms with van der Waals surface area (Å²) in [4.78, 5) is 0. The summed E-state index contributed by atoms with van der Waals surface area (Å²) in [7, 11) is -6.13. The zero-order valence-corrected chi connectivity index (χ0v) is 20.2. The minimum atomic E-state index is -6.13. The Kier molecular flexibility index (Phi) is 5.68. The second kappa shape index (κ2) is 8.69. The van der Waals surface area contributed by atoms with E-state index in [1.165, 1.54) is 18.2 Å². The normalized spacial score (nSPS) is 12.3. The summed E-state index contributed by atoms with van der Waals surface area (Å²) in [6.07, 6.45) is 0. The molecule has 40 heavy (non-hydrogen) atoms. The van der Waals surface area contributed by atoms with Gasteiger partial charge in [-0.25, -0.2) is 43.9 Å². The highest BCUT2D eigenvalue weighted by molar-refractivity contribution is 7.85. The third-order valence-corrected chi connectivity index (χ3v) is 9.96. The van der Waals surface area contributed by atoms with Crippen molar-refractivity contribution in [1.29, 1.82) is 0 Å². The predicted octanol–water partition coefficient (Wildman–Crippen LogP) is 7.61. The minimum absolute atomic E-state index is 0.209. The van der Waals surface area contributed by atoms with Gasteiger partial charge in [-0.15, -0.1) is 0 Å². The molecule has 0 aliphatic rings. The van der Waals surface area contributed by atoms with Crippen LogP contribution in [0, 0.1) is 58.2 Å². The van der Waals surface area contributed by atoms with Crippen molar-refractivity contribution >= 4 is 55.4 Å². The van der Waals surface area contributed by atoms with Crippen molar-refractivity contribution in [2.24, 2.45) is 0 Å². The Morgan fingerprint density at radius 1 is 0.400 bits per heavy atom. The Morgan fingerprint density at radius 2 is 0.750 bits per heavy atom. The summed E-state index contributed by atoms with van der Waals surface area (Å²) in [6.45, 7) is 0. The van der Waals surface area contributed by atoms with E-state index in [0.717, 1.165) is 6.07 Å². The molecule has 0 amide bonds. The number of hydrogen-bond donors (Lipinski definition) is 0. The molecule has 12 heteroatoms. The van der Waals surface area contributed by atoms with Gasteiger partial charge in [0, 0.05) is 5.30 Å². The van der Waals surface area contributed by atoms with E-state index in [0.29, 0.717) is 21.5 Å². The first kappa shape index (κ1) is 26.1. The van der Waals surface area contributed by atoms with E-state index in [1.807, 2.05) is 0 Å². The van der Waals surface area contributed by atoms with Gasteiger partial charge in [-0.2, -0.15) is 0 Å². The van der Waals surface area contributed by atoms with E-state index in [4.69, 9.17) is 0 Å². The molecule has 1 nitrogen and oxygen atoms in total. The monoisotopic (exact) mass is 582 g/mol. The minimum Gasteiger partial charge on any atom is -0.308 e. The summed E-state index contributed by atoms with van der Waals surface area (Å²) in [6, 6.07) is 13.0. The first-order valence-electron chi connectivity index (χ1n) is 11.2. The third kappa shape index (κ3) is 3.21. The highest BCUT2D eigenvalue weighted by Gasteiger charge is 2.47. The fraction of sp³-hybridized carbons (Fsp3) is 0. The average Bonchev–Trinajstić information content (AvgIpc) is 2.95. The van der Waals surface area contributed by atoms with Gasteiger partial charge in [-0.05, 0) is 38.4 Å². The van der Waals surface area contributed by atoms with Crippen LogP contribution in [0.3, 0.4) is 0 Å². The SMILES string of the molecule is O=P(c1c(F)c(F)c(F)c(F)c1F)(c1c(F)c(F)c(F)c(F)c1F)c1ccc2ccc3cccc4ccc1c2c34. The molecule has 0 bridgehead atoms. The summed E-state index contributed by atoms with van der Waals surface area (Å²) < 4.78 is 161. The van der Waals surface area contributed by atoms with Crippen molar-refractivity contribution in [3.05, 3.63) is 113 Å². The van der Waals surface area contributed by atoms with Crippen molar-refractivity contribution in [3.8, 4) is 0 Å². The van der Waals surface area contributed by atoms with E-state index in [1.54, 1.807) is 30.3 Å². The van der Waals surface area contributed by atoms with Crippen molar-refractivity contribution in [2.75, 3.05) is 0 Å². The summed E-state index contributed by atoms with van der Waals surface area (Å²) >= 11 is 0. The fourth-order valence-corrected chi connectivity index (χ4v) is 8.10. The van der Waals surface area contributed by atoms with Crippen LogP contribution in [0.15, 0.2) is 54.6 Å². The lowest BCUT2D eigenvalue weighted by Crippen LogP contribution is -2.36. The molecule has 0 heterocycles. The lowest BCUT2D eigenvalue weighted by molar-refractivity contribution is 0.381. The number of halogens is 10. The van der Waals surface area contributed by atoms with E-state index >= 15 is 17.6 Å². The smallest absolute Gasteiger partial charge is 0.200 e. The molecule has 0 radical (unpaired) electrons. The predicted molar refractivity (Wildman–Crippen MR) is 129 cm³/mol. The van der Waals surface area contributed by atoms with Crippen LogP contribution in [-0.2, 0) is 4.57 Å². The van der Waals surface area contributed by atoms with Crippen LogP contribution in [0.2, 0.25) is 0 Å². The molecule has 202 valence electrons. The molecule has 0 saturated carbocycles. The highest BCUT2D eigenvalue weighted by atomic mass is 31.2. The summed E-state index contributed by atoms with van der Waals surface area (Å²) in [5, 5.41) is -3.34. The van der Waals surface area contributed by atoms with Crippen LogP contribution in [0.25, 0.3) is 32.3 Å². The molecule has 0 aliphatic carbocycles. The van der Waals surface area contributed by atoms with Crippen LogP contribution >= 0.6 is 7.14 Å². The zero-order chi connectivity index (χ0) is 28.8. The van der Waals surface area contributed by atoms with Gasteiger partial charge in [-0.3, -0.25) is 0 Å². The maximum Gasteiger partial charge on any atom is 0.200 e. The molecule has 0 fully saturated rings. The molecule has 0 atom stereocenters. The van der Waals surface area contributed by atoms with Crippen molar-refractivity contribution in [1.82, 2.24) is 0 Å². The maximum absolute atomic E-state index is 15.2. The third-order valence-electron chi connectivity index (χ3n) is 6.85. The first-order chi connectivity index (χ1) is 18.9. The Labute approximate surface area is 217 Å². The van der Waals surface area contributed by atoms with Crippen LogP contribution in [0.4, 0.5) is 43.9 Å². The van der Waals surface area contributed by atoms with Gasteiger partial charge in [0.1, 0.15) is 0 Å². The Bertz CT molecular complexity index is 1960. The van der Waals surface area contributed by atoms with Crippen LogP contribution in [-0.4, -0.2) is 0 Å². The lowest BCUT2D eigenvalue weighted by Gasteiger charge is -2.25. The molecular weight excluding hydrogens is 573 g/mol. The number of benzene rings is 6. The number of hydrogen-bond acceptors (Lipinski definition) is 1. The molecule has 0 saturated heterocycles. The standard InChI is InChI=1S/C28H9F10OP/c29-17-19(31)23(35)27(24(36)20(17)32)40(39,28-25(37)21(33)18(30)22(34)26(28)38)14-9-7-12-5-4-10-2-1-3-11-6-8-13(14)16(12)15(10)11/h1-9H. The first-order valence-corrected chi connectivity index (χ1v) is 12.9. The van der Waals surface area contributed by atoms with Gasteiger partial charge in [0.25, 0.3) is 0 Å². The Hall–Kier alpha value is -4.11. The quantitative estimate of drug-likeness (QED) is 0.0691. The van der Waals surface area contributed by atoms with Crippen molar-refractivity contribution < 1.29 is 48.5 Å². The molecular formula is C28H9F10OP. The summed E-state index contributed by atoms with van der Waals surface area (Å²) in [5.74, 6) is -26.9. The van der Waals surface area contributed by atoms with E-state index in [-0.39, 0.29) is 10.8 Å². The molecule has 0 unspecified atom stereocenters. The van der Waals surface area contributed by atoms with Crippen LogP contribution in [0.1, 0.15) is 0 Å². The molecule has 6 rings (SSSR count). The van der Waals surface area contributed by atoms with E-state index in [2.05, 4.69) is 0 Å². The molecule has 0 aliphatic heterocycles. The van der Waals surface area contributed by atoms with Crippen LogP contribution < -0.4 is 15.9 Å². The second-order valence-electron chi connectivity index (χ2n) is 8.89. The molecule has 6 aromatic rings. The van der Waals surface area contributed by atoms with Gasteiger partial charge >= 0.3 is 0 Å². The van der Waals surface area contributed by atoms with Crippen molar-refractivity contribution in [2.45, 2.75) is 0 Å². The average molecular weight is 582 g/mol. The van der Waals surface area contributed by atoms with E-state index < -0.39 is 81.2 Å². The largest absolute Gasteiger partial charge is 0.308 e. The second-order valence-corrected chi connectivity index (χ2v) is 11.5.